The molecule has 170 valence electrons. The monoisotopic (exact) mass is 490 g/mol. The minimum absolute atomic E-state index is 0.175. The predicted octanol–water partition coefficient (Wildman–Crippen LogP) is 6.98. The molecule has 0 bridgehead atoms. The average Bonchev–Trinajstić information content (AvgIpc) is 3.52. The molecule has 4 nitrogen and oxygen atoms in total. The van der Waals surface area contributed by atoms with Crippen LogP contribution in [0.25, 0.3) is 0 Å². The molecule has 2 rings (SSSR count). The number of unbranched alkanes of at least 4 members (excludes halogenated alkanes) is 5. The number of Topliss-reactive ketones (excluding diaryl/α,β-unsaturated/α-hetero) is 1. The van der Waals surface area contributed by atoms with Crippen LogP contribution in [-0.4, -0.2) is 30.6 Å². The number of halogens is 1. The molecule has 1 aliphatic heterocycles. The zero-order valence-electron chi connectivity index (χ0n) is 18.6. The van der Waals surface area contributed by atoms with Crippen LogP contribution < -0.4 is 0 Å². The van der Waals surface area contributed by atoms with Crippen LogP contribution in [0.4, 0.5) is 0 Å². The topological polar surface area (TPSA) is 55.9 Å². The van der Waals surface area contributed by atoms with E-state index < -0.39 is 0 Å². The minimum Gasteiger partial charge on any atom is -0.457 e. The van der Waals surface area contributed by atoms with Crippen LogP contribution in [0, 0.1) is 0 Å². The Hall–Kier alpha value is -1.72. The van der Waals surface area contributed by atoms with Gasteiger partial charge in [-0.1, -0.05) is 78.6 Å². The van der Waals surface area contributed by atoms with Crippen LogP contribution in [0.3, 0.4) is 0 Å². The molecule has 0 amide bonds. The SMILES string of the molecule is CC/C=C\CC1OC1C/C=C\CCCCCCCC(=O)OCC(=O)c1ccc(Br)cc1. The second-order valence-electron chi connectivity index (χ2n) is 7.93. The summed E-state index contributed by atoms with van der Waals surface area (Å²) in [7, 11) is 0. The number of carbonyl (C=O) groups excluding carboxylic acids is 2. The molecule has 0 spiro atoms. The molecule has 0 N–H and O–H groups in total. The van der Waals surface area contributed by atoms with E-state index in [0.29, 0.717) is 24.2 Å². The summed E-state index contributed by atoms with van der Waals surface area (Å²) in [5.41, 5.74) is 0.554. The van der Waals surface area contributed by atoms with Crippen LogP contribution in [0.15, 0.2) is 53.0 Å². The Morgan fingerprint density at radius 1 is 0.935 bits per heavy atom. The molecule has 31 heavy (non-hydrogen) atoms. The van der Waals surface area contributed by atoms with E-state index in [-0.39, 0.29) is 18.4 Å². The number of rotatable bonds is 16. The highest BCUT2D eigenvalue weighted by Gasteiger charge is 2.35. The molecule has 1 aliphatic rings. The molecule has 1 fully saturated rings. The van der Waals surface area contributed by atoms with Crippen molar-refractivity contribution in [1.29, 1.82) is 0 Å². The molecular weight excluding hydrogens is 456 g/mol. The van der Waals surface area contributed by atoms with Crippen LogP contribution in [0.2, 0.25) is 0 Å². The molecule has 2 atom stereocenters. The van der Waals surface area contributed by atoms with Crippen molar-refractivity contribution in [3.63, 3.8) is 0 Å². The summed E-state index contributed by atoms with van der Waals surface area (Å²) in [5.74, 6) is -0.467. The third kappa shape index (κ3) is 11.5. The number of carbonyl (C=O) groups is 2. The molecule has 2 unspecified atom stereocenters. The normalized spacial score (nSPS) is 18.0. The number of hydrogen-bond donors (Lipinski definition) is 0. The first-order chi connectivity index (χ1) is 15.1. The van der Waals surface area contributed by atoms with Gasteiger partial charge in [-0.15, -0.1) is 0 Å². The van der Waals surface area contributed by atoms with Gasteiger partial charge in [-0.05, 0) is 50.7 Å². The zero-order valence-corrected chi connectivity index (χ0v) is 20.1. The van der Waals surface area contributed by atoms with Crippen molar-refractivity contribution in [1.82, 2.24) is 0 Å². The van der Waals surface area contributed by atoms with Crippen LogP contribution in [0.5, 0.6) is 0 Å². The summed E-state index contributed by atoms with van der Waals surface area (Å²) in [5, 5.41) is 0. The molecule has 1 saturated heterocycles. The maximum absolute atomic E-state index is 12.0. The quantitative estimate of drug-likeness (QED) is 0.0824. The second-order valence-corrected chi connectivity index (χ2v) is 8.85. The Morgan fingerprint density at radius 2 is 1.58 bits per heavy atom. The number of ether oxygens (including phenoxy) is 2. The fraction of sp³-hybridized carbons (Fsp3) is 0.538. The van der Waals surface area contributed by atoms with E-state index >= 15 is 0 Å². The Balaban J connectivity index is 1.39. The first-order valence-corrected chi connectivity index (χ1v) is 12.3. The summed E-state index contributed by atoms with van der Waals surface area (Å²) in [6.45, 7) is 1.96. The van der Waals surface area contributed by atoms with Gasteiger partial charge in [-0.3, -0.25) is 9.59 Å². The van der Waals surface area contributed by atoms with Gasteiger partial charge in [0.2, 0.25) is 0 Å². The smallest absolute Gasteiger partial charge is 0.306 e. The Kier molecular flexibility index (Phi) is 12.5. The molecule has 5 heteroatoms. The van der Waals surface area contributed by atoms with E-state index in [2.05, 4.69) is 47.2 Å². The summed E-state index contributed by atoms with van der Waals surface area (Å²) in [4.78, 5) is 23.8. The van der Waals surface area contributed by atoms with Crippen molar-refractivity contribution in [2.45, 2.75) is 83.3 Å². The number of esters is 1. The van der Waals surface area contributed by atoms with E-state index in [1.54, 1.807) is 24.3 Å². The summed E-state index contributed by atoms with van der Waals surface area (Å²) in [6.07, 6.45) is 19.7. The third-order valence-corrected chi connectivity index (χ3v) is 5.80. The highest BCUT2D eigenvalue weighted by molar-refractivity contribution is 9.10. The minimum atomic E-state index is -0.292. The number of ketones is 1. The number of benzene rings is 1. The van der Waals surface area contributed by atoms with Gasteiger partial charge in [0, 0.05) is 16.5 Å². The lowest BCUT2D eigenvalue weighted by Gasteiger charge is -2.05. The lowest BCUT2D eigenvalue weighted by Crippen LogP contribution is -2.13. The van der Waals surface area contributed by atoms with Crippen LogP contribution >= 0.6 is 15.9 Å². The Labute approximate surface area is 195 Å². The molecule has 1 aromatic rings. The third-order valence-electron chi connectivity index (χ3n) is 5.28. The zero-order chi connectivity index (χ0) is 22.3. The van der Waals surface area contributed by atoms with Crippen molar-refractivity contribution in [3.8, 4) is 0 Å². The molecule has 0 radical (unpaired) electrons. The highest BCUT2D eigenvalue weighted by Crippen LogP contribution is 2.29. The van der Waals surface area contributed by atoms with Gasteiger partial charge in [0.15, 0.2) is 12.4 Å². The summed E-state index contributed by atoms with van der Waals surface area (Å²) < 4.78 is 11.7. The van der Waals surface area contributed by atoms with Gasteiger partial charge in [0.05, 0.1) is 12.2 Å². The van der Waals surface area contributed by atoms with E-state index in [0.717, 1.165) is 49.4 Å². The van der Waals surface area contributed by atoms with E-state index in [1.165, 1.54) is 12.8 Å². The van der Waals surface area contributed by atoms with Gasteiger partial charge in [-0.25, -0.2) is 0 Å². The van der Waals surface area contributed by atoms with Gasteiger partial charge < -0.3 is 9.47 Å². The fourth-order valence-corrected chi connectivity index (χ4v) is 3.60. The highest BCUT2D eigenvalue weighted by atomic mass is 79.9. The van der Waals surface area contributed by atoms with Gasteiger partial charge >= 0.3 is 5.97 Å². The van der Waals surface area contributed by atoms with E-state index in [1.807, 2.05) is 0 Å². The molecular formula is C26H35BrO4. The maximum atomic E-state index is 12.0. The lowest BCUT2D eigenvalue weighted by atomic mass is 10.1. The first kappa shape index (κ1) is 25.5. The van der Waals surface area contributed by atoms with Crippen molar-refractivity contribution in [2.75, 3.05) is 6.61 Å². The maximum Gasteiger partial charge on any atom is 0.306 e. The summed E-state index contributed by atoms with van der Waals surface area (Å²) in [6, 6.07) is 7.04. The predicted molar refractivity (Wildman–Crippen MR) is 128 cm³/mol. The van der Waals surface area contributed by atoms with Crippen molar-refractivity contribution >= 4 is 27.7 Å². The molecule has 0 saturated carbocycles. The molecule has 1 aromatic carbocycles. The number of allylic oxidation sites excluding steroid dienone is 2. The van der Waals surface area contributed by atoms with Crippen molar-refractivity contribution < 1.29 is 19.1 Å². The molecule has 1 heterocycles. The van der Waals surface area contributed by atoms with Gasteiger partial charge in [0.25, 0.3) is 0 Å². The first-order valence-electron chi connectivity index (χ1n) is 11.5. The van der Waals surface area contributed by atoms with Gasteiger partial charge in [-0.2, -0.15) is 0 Å². The van der Waals surface area contributed by atoms with Crippen molar-refractivity contribution in [3.05, 3.63) is 58.6 Å². The van der Waals surface area contributed by atoms with Crippen molar-refractivity contribution in [2.24, 2.45) is 0 Å². The van der Waals surface area contributed by atoms with Crippen LogP contribution in [-0.2, 0) is 14.3 Å². The van der Waals surface area contributed by atoms with Gasteiger partial charge in [0.1, 0.15) is 0 Å². The fourth-order valence-electron chi connectivity index (χ4n) is 3.34. The van der Waals surface area contributed by atoms with Crippen LogP contribution in [0.1, 0.15) is 81.5 Å². The molecule has 0 aromatic heterocycles. The average molecular weight is 491 g/mol. The largest absolute Gasteiger partial charge is 0.457 e. The number of epoxide rings is 1. The second kappa shape index (κ2) is 15.1. The summed E-state index contributed by atoms with van der Waals surface area (Å²) >= 11 is 3.33. The molecule has 0 aliphatic carbocycles. The Bertz CT molecular complexity index is 723. The number of hydrogen-bond acceptors (Lipinski definition) is 4. The standard InChI is InChI=1S/C26H35BrO4/c1-2-3-10-13-24-25(31-24)14-11-8-6-4-5-7-9-12-15-26(29)30-20-23(28)21-16-18-22(27)19-17-21/h3,8,10-11,16-19,24-25H,2,4-7,9,12-15,20H2,1H3/b10-3-,11-8-. The lowest BCUT2D eigenvalue weighted by molar-refractivity contribution is -0.142. The van der Waals surface area contributed by atoms with E-state index in [9.17, 15) is 9.59 Å². The van der Waals surface area contributed by atoms with E-state index in [4.69, 9.17) is 9.47 Å². The Morgan fingerprint density at radius 3 is 2.29 bits per heavy atom.